The summed E-state index contributed by atoms with van der Waals surface area (Å²) in [6.45, 7) is 0. The molecule has 0 bridgehead atoms. The molecule has 98 valence electrons. The molecular weight excluding hydrogens is 272 g/mol. The third kappa shape index (κ3) is 3.03. The minimum atomic E-state index is -1.10. The van der Waals surface area contributed by atoms with E-state index in [1.165, 1.54) is 18.2 Å². The Morgan fingerprint density at radius 3 is 2.47 bits per heavy atom. The number of nitrogen functional groups attached to an aromatic ring is 1. The highest BCUT2D eigenvalue weighted by Gasteiger charge is 2.10. The van der Waals surface area contributed by atoms with Gasteiger partial charge in [0.05, 0.1) is 10.5 Å². The predicted molar refractivity (Wildman–Crippen MR) is 68.3 cm³/mol. The predicted octanol–water partition coefficient (Wildman–Crippen LogP) is 3.40. The monoisotopic (exact) mass is 281 g/mol. The third-order valence-corrected chi connectivity index (χ3v) is 3.49. The van der Waals surface area contributed by atoms with Crippen LogP contribution >= 0.6 is 11.8 Å². The lowest BCUT2D eigenvalue weighted by molar-refractivity contribution is 0.0697. The number of carbonyl (C=O) groups is 1. The highest BCUT2D eigenvalue weighted by atomic mass is 32.2. The first-order valence-electron chi connectivity index (χ1n) is 5.23. The van der Waals surface area contributed by atoms with E-state index >= 15 is 0 Å². The maximum absolute atomic E-state index is 13.5. The van der Waals surface area contributed by atoms with E-state index in [2.05, 4.69) is 0 Å². The van der Waals surface area contributed by atoms with Crippen molar-refractivity contribution in [2.45, 2.75) is 9.79 Å². The fourth-order valence-corrected chi connectivity index (χ4v) is 2.34. The Balaban J connectivity index is 2.33. The van der Waals surface area contributed by atoms with Gasteiger partial charge in [-0.3, -0.25) is 0 Å². The second-order valence-electron chi connectivity index (χ2n) is 3.73. The highest BCUT2D eigenvalue weighted by molar-refractivity contribution is 7.99. The summed E-state index contributed by atoms with van der Waals surface area (Å²) in [5.41, 5.74) is 5.94. The zero-order valence-corrected chi connectivity index (χ0v) is 10.4. The van der Waals surface area contributed by atoms with Crippen LogP contribution in [0.2, 0.25) is 0 Å². The van der Waals surface area contributed by atoms with Crippen LogP contribution in [0.25, 0.3) is 0 Å². The molecule has 0 saturated heterocycles. The number of carboxylic acid groups (broad SMARTS) is 1. The number of halogens is 2. The van der Waals surface area contributed by atoms with Crippen molar-refractivity contribution in [3.8, 4) is 0 Å². The Morgan fingerprint density at radius 1 is 1.11 bits per heavy atom. The van der Waals surface area contributed by atoms with Gasteiger partial charge in [-0.1, -0.05) is 11.8 Å². The number of benzene rings is 2. The fraction of sp³-hybridized carbons (Fsp3) is 0. The quantitative estimate of drug-likeness (QED) is 0.846. The van der Waals surface area contributed by atoms with Gasteiger partial charge in [0.15, 0.2) is 0 Å². The van der Waals surface area contributed by atoms with E-state index in [0.29, 0.717) is 4.90 Å². The summed E-state index contributed by atoms with van der Waals surface area (Å²) in [6.07, 6.45) is 0. The molecule has 0 heterocycles. The van der Waals surface area contributed by atoms with Gasteiger partial charge in [0.1, 0.15) is 11.6 Å². The van der Waals surface area contributed by atoms with E-state index in [-0.39, 0.29) is 16.1 Å². The molecule has 0 unspecified atom stereocenters. The Bertz CT molecular complexity index is 647. The van der Waals surface area contributed by atoms with E-state index in [1.807, 2.05) is 0 Å². The second-order valence-corrected chi connectivity index (χ2v) is 4.82. The van der Waals surface area contributed by atoms with Gasteiger partial charge in [-0.2, -0.15) is 0 Å². The van der Waals surface area contributed by atoms with Gasteiger partial charge in [-0.15, -0.1) is 0 Å². The number of rotatable bonds is 3. The van der Waals surface area contributed by atoms with Crippen LogP contribution in [0, 0.1) is 11.6 Å². The summed E-state index contributed by atoms with van der Waals surface area (Å²) in [7, 11) is 0. The fourth-order valence-electron chi connectivity index (χ4n) is 1.45. The van der Waals surface area contributed by atoms with Crippen molar-refractivity contribution in [2.24, 2.45) is 0 Å². The van der Waals surface area contributed by atoms with Crippen LogP contribution in [0.1, 0.15) is 10.4 Å². The molecular formula is C13H9F2NO2S. The topological polar surface area (TPSA) is 63.3 Å². The zero-order chi connectivity index (χ0) is 14.0. The van der Waals surface area contributed by atoms with Crippen LogP contribution < -0.4 is 5.73 Å². The number of nitrogens with two attached hydrogens (primary N) is 1. The number of carboxylic acids is 1. The van der Waals surface area contributed by atoms with Crippen molar-refractivity contribution in [2.75, 3.05) is 5.73 Å². The SMILES string of the molecule is Nc1cc(C(=O)O)ccc1Sc1cc(F)ccc1F. The summed E-state index contributed by atoms with van der Waals surface area (Å²) in [6, 6.07) is 7.22. The van der Waals surface area contributed by atoms with Gasteiger partial charge in [0.2, 0.25) is 0 Å². The third-order valence-electron chi connectivity index (χ3n) is 2.37. The standard InChI is InChI=1S/C13H9F2NO2S/c14-8-2-3-9(15)12(6-8)19-11-4-1-7(13(17)18)5-10(11)16/h1-6H,16H2,(H,17,18). The molecule has 2 rings (SSSR count). The van der Waals surface area contributed by atoms with Crippen molar-refractivity contribution < 1.29 is 18.7 Å². The summed E-state index contributed by atoms with van der Waals surface area (Å²) in [4.78, 5) is 11.3. The van der Waals surface area contributed by atoms with Crippen molar-refractivity contribution >= 4 is 23.4 Å². The molecule has 0 aliphatic heterocycles. The van der Waals surface area contributed by atoms with Crippen molar-refractivity contribution in [3.63, 3.8) is 0 Å². The first-order chi connectivity index (χ1) is 8.97. The highest BCUT2D eigenvalue weighted by Crippen LogP contribution is 2.34. The maximum atomic E-state index is 13.5. The maximum Gasteiger partial charge on any atom is 0.335 e. The molecule has 3 N–H and O–H groups in total. The van der Waals surface area contributed by atoms with Gasteiger partial charge < -0.3 is 10.8 Å². The van der Waals surface area contributed by atoms with Crippen LogP contribution in [0.4, 0.5) is 14.5 Å². The van der Waals surface area contributed by atoms with Gasteiger partial charge in [-0.05, 0) is 36.4 Å². The molecule has 0 atom stereocenters. The molecule has 0 saturated carbocycles. The van der Waals surface area contributed by atoms with Crippen molar-refractivity contribution in [3.05, 3.63) is 53.6 Å². The van der Waals surface area contributed by atoms with E-state index < -0.39 is 17.6 Å². The lowest BCUT2D eigenvalue weighted by Gasteiger charge is -2.07. The average Bonchev–Trinajstić information content (AvgIpc) is 2.36. The van der Waals surface area contributed by atoms with E-state index in [0.717, 1.165) is 30.0 Å². The van der Waals surface area contributed by atoms with Crippen LogP contribution in [0.15, 0.2) is 46.2 Å². The molecule has 6 heteroatoms. The Morgan fingerprint density at radius 2 is 1.84 bits per heavy atom. The smallest absolute Gasteiger partial charge is 0.335 e. The number of aromatic carboxylic acids is 1. The van der Waals surface area contributed by atoms with E-state index in [9.17, 15) is 13.6 Å². The lowest BCUT2D eigenvalue weighted by Crippen LogP contribution is -1.98. The molecule has 0 radical (unpaired) electrons. The minimum Gasteiger partial charge on any atom is -0.478 e. The summed E-state index contributed by atoms with van der Waals surface area (Å²) in [5.74, 6) is -2.21. The first-order valence-corrected chi connectivity index (χ1v) is 6.05. The molecule has 2 aromatic rings. The second kappa shape index (κ2) is 5.27. The van der Waals surface area contributed by atoms with Crippen LogP contribution in [-0.4, -0.2) is 11.1 Å². The number of hydrogen-bond acceptors (Lipinski definition) is 3. The lowest BCUT2D eigenvalue weighted by atomic mass is 10.2. The molecule has 0 spiro atoms. The minimum absolute atomic E-state index is 0.0431. The molecule has 2 aromatic carbocycles. The van der Waals surface area contributed by atoms with Gasteiger partial charge >= 0.3 is 5.97 Å². The zero-order valence-electron chi connectivity index (χ0n) is 9.56. The molecule has 0 aromatic heterocycles. The summed E-state index contributed by atoms with van der Waals surface area (Å²) in [5, 5.41) is 8.80. The van der Waals surface area contributed by atoms with Crippen LogP contribution in [0.3, 0.4) is 0 Å². The van der Waals surface area contributed by atoms with Gasteiger partial charge in [0, 0.05) is 10.6 Å². The van der Waals surface area contributed by atoms with Gasteiger partial charge in [0.25, 0.3) is 0 Å². The molecule has 0 fully saturated rings. The Kier molecular flexibility index (Phi) is 3.71. The molecule has 19 heavy (non-hydrogen) atoms. The molecule has 0 amide bonds. The summed E-state index contributed by atoms with van der Waals surface area (Å²) < 4.78 is 26.5. The van der Waals surface area contributed by atoms with Crippen LogP contribution in [0.5, 0.6) is 0 Å². The van der Waals surface area contributed by atoms with E-state index in [1.54, 1.807) is 0 Å². The van der Waals surface area contributed by atoms with E-state index in [4.69, 9.17) is 10.8 Å². The van der Waals surface area contributed by atoms with Crippen LogP contribution in [-0.2, 0) is 0 Å². The number of anilines is 1. The van der Waals surface area contributed by atoms with Crippen molar-refractivity contribution in [1.82, 2.24) is 0 Å². The van der Waals surface area contributed by atoms with Gasteiger partial charge in [-0.25, -0.2) is 13.6 Å². The Hall–Kier alpha value is -2.08. The average molecular weight is 281 g/mol. The Labute approximate surface area is 112 Å². The van der Waals surface area contributed by atoms with Crippen molar-refractivity contribution in [1.29, 1.82) is 0 Å². The first kappa shape index (κ1) is 13.4. The molecule has 3 nitrogen and oxygen atoms in total. The normalized spacial score (nSPS) is 10.4. The number of hydrogen-bond donors (Lipinski definition) is 2. The molecule has 0 aliphatic rings. The largest absolute Gasteiger partial charge is 0.478 e. The summed E-state index contributed by atoms with van der Waals surface area (Å²) >= 11 is 0.942. The molecule has 0 aliphatic carbocycles.